The molecule has 7 nitrogen and oxygen atoms in total. The molecule has 0 heterocycles. The summed E-state index contributed by atoms with van der Waals surface area (Å²) in [5, 5.41) is 11.1. The minimum absolute atomic E-state index is 0. The highest BCUT2D eigenvalue weighted by atomic mass is 28.4. The van der Waals surface area contributed by atoms with Gasteiger partial charge in [-0.05, 0) is 20.8 Å². The van der Waals surface area contributed by atoms with Gasteiger partial charge in [-0.3, -0.25) is 0 Å². The van der Waals surface area contributed by atoms with E-state index >= 15 is 0 Å². The first-order valence-corrected chi connectivity index (χ1v) is 8.00. The highest BCUT2D eigenvalue weighted by Gasteiger charge is 2.41. The first-order valence-electron chi connectivity index (χ1n) is 6.07. The van der Waals surface area contributed by atoms with E-state index < -0.39 is 14.9 Å². The second-order valence-electron chi connectivity index (χ2n) is 3.20. The molecule has 1 amide bonds. The Bertz CT molecular complexity index is 214. The van der Waals surface area contributed by atoms with Gasteiger partial charge in [0.2, 0.25) is 0 Å². The van der Waals surface area contributed by atoms with Crippen LogP contribution in [-0.4, -0.2) is 59.2 Å². The summed E-state index contributed by atoms with van der Waals surface area (Å²) in [6.45, 7) is 6.59. The number of carbonyl (C=O) groups is 1. The molecule has 0 aliphatic heterocycles. The van der Waals surface area contributed by atoms with Crippen molar-refractivity contribution in [3.05, 3.63) is 0 Å². The molecule has 2 N–H and O–H groups in total. The fourth-order valence-corrected chi connectivity index (χ4v) is 3.54. The molecule has 0 aliphatic rings. The average molecular weight is 346 g/mol. The summed E-state index contributed by atoms with van der Waals surface area (Å²) in [6.07, 6.45) is -0.479. The van der Waals surface area contributed by atoms with Crippen LogP contribution in [-0.2, 0) is 18.0 Å². The van der Waals surface area contributed by atoms with Crippen LogP contribution in [0.5, 0.6) is 0 Å². The van der Waals surface area contributed by atoms with Crippen LogP contribution in [0.1, 0.15) is 50.5 Å². The summed E-state index contributed by atoms with van der Waals surface area (Å²) in [5.41, 5.74) is 0. The van der Waals surface area contributed by atoms with Gasteiger partial charge < -0.3 is 28.4 Å². The van der Waals surface area contributed by atoms with Gasteiger partial charge in [0, 0.05) is 19.8 Å². The normalized spacial score (nSPS) is 9.27. The van der Waals surface area contributed by atoms with E-state index in [-0.39, 0.29) is 49.1 Å². The number of rotatable bonds is 10. The van der Waals surface area contributed by atoms with Gasteiger partial charge in [0.15, 0.2) is 0 Å². The number of alkyl carbamates (subject to hydrolysis) is 1. The smallest absolute Gasteiger partial charge is 0.447 e. The van der Waals surface area contributed by atoms with Crippen molar-refractivity contribution in [3.63, 3.8) is 0 Å². The van der Waals surface area contributed by atoms with E-state index in [1.165, 1.54) is 0 Å². The van der Waals surface area contributed by atoms with Gasteiger partial charge in [0.1, 0.15) is 6.61 Å². The molecular weight excluding hydrogens is 306 g/mol. The molecular formula is C14H39NO6Si. The molecule has 0 bridgehead atoms. The lowest BCUT2D eigenvalue weighted by molar-refractivity contribution is 0.0677. The monoisotopic (exact) mass is 345 g/mol. The second-order valence-corrected chi connectivity index (χ2v) is 5.78. The molecule has 0 saturated heterocycles. The lowest BCUT2D eigenvalue weighted by Gasteiger charge is -2.28. The zero-order chi connectivity index (χ0) is 13.9. The minimum Gasteiger partial charge on any atom is -0.447 e. The maximum absolute atomic E-state index is 11.3. The first kappa shape index (κ1) is 33.1. The molecule has 140 valence electrons. The minimum atomic E-state index is -2.87. The fraction of sp³-hybridized carbons (Fsp3) is 0.929. The standard InChI is InChI=1S/C10H23NO6Si.4CH4/c1-4-15-18(16-5-2,17-6-3)9-11-10(13)14-8-7-12;;;;/h12H,4-9H2,1-3H3,(H,11,13);4*1H4. The molecule has 0 aromatic heterocycles. The molecule has 22 heavy (non-hydrogen) atoms. The number of nitrogens with one attached hydrogen (secondary N) is 1. The summed E-state index contributed by atoms with van der Waals surface area (Å²) >= 11 is 0. The van der Waals surface area contributed by atoms with Gasteiger partial charge in [-0.2, -0.15) is 0 Å². The van der Waals surface area contributed by atoms with Crippen molar-refractivity contribution in [2.75, 3.05) is 39.2 Å². The summed E-state index contributed by atoms with van der Waals surface area (Å²) in [6, 6.07) is 0. The molecule has 0 unspecified atom stereocenters. The molecule has 8 heteroatoms. The third kappa shape index (κ3) is 14.3. The quantitative estimate of drug-likeness (QED) is 0.592. The summed E-state index contributed by atoms with van der Waals surface area (Å²) in [5.74, 6) is 0. The van der Waals surface area contributed by atoms with Gasteiger partial charge in [0.25, 0.3) is 0 Å². The Kier molecular flexibility index (Phi) is 30.5. The summed E-state index contributed by atoms with van der Waals surface area (Å²) < 4.78 is 21.3. The van der Waals surface area contributed by atoms with Crippen LogP contribution in [0.15, 0.2) is 0 Å². The Balaban J connectivity index is -0.000000241. The van der Waals surface area contributed by atoms with E-state index in [0.29, 0.717) is 19.8 Å². The summed E-state index contributed by atoms with van der Waals surface area (Å²) in [7, 11) is -2.87. The predicted molar refractivity (Wildman–Crippen MR) is 94.0 cm³/mol. The SMILES string of the molecule is C.C.C.C.CCO[Si](CNC(=O)OCCO)(OCC)OCC. The Labute approximate surface area is 138 Å². The van der Waals surface area contributed by atoms with Gasteiger partial charge in [-0.25, -0.2) is 4.79 Å². The number of amides is 1. The van der Waals surface area contributed by atoms with Crippen molar-refractivity contribution in [1.29, 1.82) is 0 Å². The first-order chi connectivity index (χ1) is 8.64. The van der Waals surface area contributed by atoms with E-state index in [9.17, 15) is 4.79 Å². The van der Waals surface area contributed by atoms with Crippen LogP contribution in [0.25, 0.3) is 0 Å². The molecule has 0 spiro atoms. The largest absolute Gasteiger partial charge is 0.521 e. The molecule has 0 atom stereocenters. The Morgan fingerprint density at radius 1 is 0.955 bits per heavy atom. The van der Waals surface area contributed by atoms with Crippen molar-refractivity contribution in [1.82, 2.24) is 5.32 Å². The van der Waals surface area contributed by atoms with Crippen molar-refractivity contribution in [2.45, 2.75) is 50.5 Å². The number of aliphatic hydroxyl groups is 1. The van der Waals surface area contributed by atoms with Crippen molar-refractivity contribution < 1.29 is 27.9 Å². The van der Waals surface area contributed by atoms with Crippen LogP contribution in [0.2, 0.25) is 0 Å². The van der Waals surface area contributed by atoms with Crippen LogP contribution in [0.4, 0.5) is 4.79 Å². The van der Waals surface area contributed by atoms with E-state index in [4.69, 9.17) is 18.4 Å². The number of aliphatic hydroxyl groups excluding tert-OH is 1. The predicted octanol–water partition coefficient (Wildman–Crippen LogP) is 2.84. The maximum Gasteiger partial charge on any atom is 0.521 e. The van der Waals surface area contributed by atoms with Crippen molar-refractivity contribution in [3.8, 4) is 0 Å². The van der Waals surface area contributed by atoms with E-state index in [2.05, 4.69) is 10.1 Å². The zero-order valence-electron chi connectivity index (χ0n) is 11.2. The molecule has 0 radical (unpaired) electrons. The molecule has 0 fully saturated rings. The van der Waals surface area contributed by atoms with Crippen molar-refractivity contribution in [2.24, 2.45) is 0 Å². The van der Waals surface area contributed by atoms with Gasteiger partial charge in [-0.1, -0.05) is 29.7 Å². The number of hydrogen-bond donors (Lipinski definition) is 2. The molecule has 0 saturated carbocycles. The van der Waals surface area contributed by atoms with Crippen LogP contribution >= 0.6 is 0 Å². The molecule has 0 aromatic carbocycles. The number of ether oxygens (including phenoxy) is 1. The highest BCUT2D eigenvalue weighted by molar-refractivity contribution is 6.61. The third-order valence-corrected chi connectivity index (χ3v) is 4.66. The van der Waals surface area contributed by atoms with Gasteiger partial charge in [-0.15, -0.1) is 0 Å². The molecule has 0 aromatic rings. The average Bonchev–Trinajstić information content (AvgIpc) is 2.35. The lowest BCUT2D eigenvalue weighted by Crippen LogP contribution is -2.55. The Hall–Kier alpha value is -0.673. The lowest BCUT2D eigenvalue weighted by atomic mass is 10.8. The Morgan fingerprint density at radius 2 is 1.36 bits per heavy atom. The zero-order valence-corrected chi connectivity index (χ0v) is 12.2. The van der Waals surface area contributed by atoms with Crippen LogP contribution in [0.3, 0.4) is 0 Å². The third-order valence-electron chi connectivity index (χ3n) is 1.87. The molecule has 0 rings (SSSR count). The van der Waals surface area contributed by atoms with E-state index in [1.54, 1.807) is 0 Å². The van der Waals surface area contributed by atoms with E-state index in [1.807, 2.05) is 20.8 Å². The van der Waals surface area contributed by atoms with Crippen molar-refractivity contribution >= 4 is 14.9 Å². The second kappa shape index (κ2) is 20.3. The summed E-state index contributed by atoms with van der Waals surface area (Å²) in [4.78, 5) is 11.3. The van der Waals surface area contributed by atoms with Gasteiger partial charge >= 0.3 is 14.9 Å². The maximum atomic E-state index is 11.3. The number of hydrogen-bond acceptors (Lipinski definition) is 6. The fourth-order valence-electron chi connectivity index (χ4n) is 1.31. The Morgan fingerprint density at radius 3 is 1.68 bits per heavy atom. The van der Waals surface area contributed by atoms with Crippen LogP contribution < -0.4 is 5.32 Å². The van der Waals surface area contributed by atoms with E-state index in [0.717, 1.165) is 0 Å². The highest BCUT2D eigenvalue weighted by Crippen LogP contribution is 2.08. The van der Waals surface area contributed by atoms with Crippen LogP contribution in [0, 0.1) is 0 Å². The van der Waals surface area contributed by atoms with Gasteiger partial charge in [0.05, 0.1) is 12.8 Å². The topological polar surface area (TPSA) is 86.3 Å². The molecule has 0 aliphatic carbocycles. The number of carbonyl (C=O) groups excluding carboxylic acids is 1.